The lowest BCUT2D eigenvalue weighted by molar-refractivity contribution is 0.198. The summed E-state index contributed by atoms with van der Waals surface area (Å²) in [5.74, 6) is 1.21. The van der Waals surface area contributed by atoms with Gasteiger partial charge in [-0.2, -0.15) is 5.10 Å². The number of amides is 1. The van der Waals surface area contributed by atoms with Crippen molar-refractivity contribution in [2.24, 2.45) is 5.92 Å². The van der Waals surface area contributed by atoms with Gasteiger partial charge in [0.15, 0.2) is 0 Å². The summed E-state index contributed by atoms with van der Waals surface area (Å²) in [6, 6.07) is 3.74. The molecular formula is C21H28N4O4. The molecule has 0 saturated carbocycles. The number of hydrogen-bond donors (Lipinski definition) is 3. The van der Waals surface area contributed by atoms with Crippen LogP contribution in [0.5, 0.6) is 5.75 Å². The van der Waals surface area contributed by atoms with Crippen LogP contribution in [0.3, 0.4) is 0 Å². The number of carboxylic acid groups (broad SMARTS) is 1. The fourth-order valence-electron chi connectivity index (χ4n) is 4.27. The Hall–Kier alpha value is -2.58. The van der Waals surface area contributed by atoms with E-state index in [9.17, 15) is 15.0 Å². The molecule has 0 radical (unpaired) electrons. The maximum Gasteiger partial charge on any atom is 0.412 e. The Morgan fingerprint density at radius 1 is 1.38 bits per heavy atom. The van der Waals surface area contributed by atoms with Crippen LogP contribution < -0.4 is 15.0 Å². The number of ether oxygens (including phenoxy) is 1. The summed E-state index contributed by atoms with van der Waals surface area (Å²) >= 11 is 0. The molecule has 4 rings (SSSR count). The second-order valence-electron chi connectivity index (χ2n) is 7.87. The van der Waals surface area contributed by atoms with Gasteiger partial charge in [-0.25, -0.2) is 4.79 Å². The van der Waals surface area contributed by atoms with Gasteiger partial charge < -0.3 is 20.3 Å². The zero-order chi connectivity index (χ0) is 20.4. The van der Waals surface area contributed by atoms with Crippen LogP contribution >= 0.6 is 0 Å². The molecule has 2 aliphatic heterocycles. The quantitative estimate of drug-likeness (QED) is 0.688. The van der Waals surface area contributed by atoms with Gasteiger partial charge in [0.05, 0.1) is 31.6 Å². The normalized spacial score (nSPS) is 21.2. The van der Waals surface area contributed by atoms with E-state index in [0.29, 0.717) is 24.8 Å². The molecule has 3 N–H and O–H groups in total. The third-order valence-electron chi connectivity index (χ3n) is 5.85. The van der Waals surface area contributed by atoms with Gasteiger partial charge in [0.1, 0.15) is 5.75 Å². The Bertz CT molecular complexity index is 876. The van der Waals surface area contributed by atoms with E-state index in [1.54, 1.807) is 10.9 Å². The molecule has 3 heterocycles. The number of nitrogens with zero attached hydrogens (tertiary/aromatic N) is 3. The summed E-state index contributed by atoms with van der Waals surface area (Å²) < 4.78 is 8.06. The van der Waals surface area contributed by atoms with Crippen LogP contribution in [0.1, 0.15) is 25.3 Å². The largest absolute Gasteiger partial charge is 0.492 e. The first-order valence-electron chi connectivity index (χ1n) is 10.2. The van der Waals surface area contributed by atoms with E-state index < -0.39 is 6.09 Å². The van der Waals surface area contributed by atoms with E-state index >= 15 is 0 Å². The first-order chi connectivity index (χ1) is 14.1. The van der Waals surface area contributed by atoms with Crippen molar-refractivity contribution in [2.75, 3.05) is 31.2 Å². The predicted molar refractivity (Wildman–Crippen MR) is 110 cm³/mol. The molecule has 1 saturated heterocycles. The molecule has 0 bridgehead atoms. The van der Waals surface area contributed by atoms with Gasteiger partial charge in [-0.3, -0.25) is 9.58 Å². The minimum absolute atomic E-state index is 0.0226. The van der Waals surface area contributed by atoms with E-state index in [1.165, 1.54) is 4.90 Å². The van der Waals surface area contributed by atoms with Crippen LogP contribution in [0.25, 0.3) is 11.1 Å². The number of aromatic nitrogens is 2. The summed E-state index contributed by atoms with van der Waals surface area (Å²) in [5.41, 5.74) is 3.48. The van der Waals surface area contributed by atoms with Crippen molar-refractivity contribution < 1.29 is 19.7 Å². The summed E-state index contributed by atoms with van der Waals surface area (Å²) in [6.07, 6.45) is 5.33. The molecule has 1 amide bonds. The van der Waals surface area contributed by atoms with E-state index in [2.05, 4.69) is 10.4 Å². The number of benzene rings is 1. The number of aliphatic hydroxyl groups excluding tert-OH is 1. The lowest BCUT2D eigenvalue weighted by Crippen LogP contribution is -2.41. The summed E-state index contributed by atoms with van der Waals surface area (Å²) in [4.78, 5) is 13.3. The number of aliphatic hydroxyl groups is 1. The molecule has 0 spiro atoms. The molecule has 2 aliphatic rings. The average Bonchev–Trinajstić information content (AvgIpc) is 3.37. The first kappa shape index (κ1) is 19.7. The van der Waals surface area contributed by atoms with Gasteiger partial charge in [-0.05, 0) is 44.9 Å². The smallest absolute Gasteiger partial charge is 0.412 e. The zero-order valence-electron chi connectivity index (χ0n) is 16.7. The molecule has 1 aromatic carbocycles. The highest BCUT2D eigenvalue weighted by Gasteiger charge is 2.31. The fourth-order valence-corrected chi connectivity index (χ4v) is 4.27. The van der Waals surface area contributed by atoms with Crippen molar-refractivity contribution in [3.05, 3.63) is 30.1 Å². The lowest BCUT2D eigenvalue weighted by atomic mass is 9.92. The van der Waals surface area contributed by atoms with Gasteiger partial charge in [-0.1, -0.05) is 0 Å². The number of hydrogen-bond acceptors (Lipinski definition) is 5. The maximum absolute atomic E-state index is 11.9. The SMILES string of the molecule is C[C@H]1CCc2c(ccc(-c3cnn(CCO)c3)c2OC[C@H]2CCNC2)N1C(=O)O. The third kappa shape index (κ3) is 3.95. The van der Waals surface area contributed by atoms with Crippen LogP contribution in [0.2, 0.25) is 0 Å². The molecule has 1 fully saturated rings. The number of nitrogens with one attached hydrogen (secondary N) is 1. The molecule has 0 unspecified atom stereocenters. The van der Waals surface area contributed by atoms with Gasteiger partial charge in [0.2, 0.25) is 0 Å². The van der Waals surface area contributed by atoms with Gasteiger partial charge in [0.25, 0.3) is 0 Å². The Kier molecular flexibility index (Phi) is 5.73. The molecule has 29 heavy (non-hydrogen) atoms. The summed E-state index contributed by atoms with van der Waals surface area (Å²) in [5, 5.41) is 26.6. The number of carbonyl (C=O) groups is 1. The summed E-state index contributed by atoms with van der Waals surface area (Å²) in [6.45, 7) is 4.94. The number of fused-ring (bicyclic) bond motifs is 1. The van der Waals surface area contributed by atoms with Crippen molar-refractivity contribution in [2.45, 2.75) is 38.8 Å². The zero-order valence-corrected chi connectivity index (χ0v) is 16.7. The lowest BCUT2D eigenvalue weighted by Gasteiger charge is -2.34. The molecule has 0 aliphatic carbocycles. The molecule has 156 valence electrons. The Balaban J connectivity index is 1.74. The Morgan fingerprint density at radius 3 is 2.97 bits per heavy atom. The summed E-state index contributed by atoms with van der Waals surface area (Å²) in [7, 11) is 0. The van der Waals surface area contributed by atoms with Crippen molar-refractivity contribution in [3.63, 3.8) is 0 Å². The highest BCUT2D eigenvalue weighted by atomic mass is 16.5. The fraction of sp³-hybridized carbons (Fsp3) is 0.524. The van der Waals surface area contributed by atoms with E-state index in [1.807, 2.05) is 25.3 Å². The highest BCUT2D eigenvalue weighted by Crippen LogP contribution is 2.43. The minimum Gasteiger partial charge on any atom is -0.492 e. The molecule has 8 nitrogen and oxygen atoms in total. The molecule has 2 aromatic rings. The van der Waals surface area contributed by atoms with E-state index in [4.69, 9.17) is 4.74 Å². The second-order valence-corrected chi connectivity index (χ2v) is 7.87. The van der Waals surface area contributed by atoms with Gasteiger partial charge in [0, 0.05) is 41.4 Å². The van der Waals surface area contributed by atoms with Gasteiger partial charge in [-0.15, -0.1) is 0 Å². The highest BCUT2D eigenvalue weighted by molar-refractivity contribution is 5.91. The topological polar surface area (TPSA) is 99.9 Å². The van der Waals surface area contributed by atoms with Crippen LogP contribution in [-0.2, 0) is 13.0 Å². The standard InChI is InChI=1S/C21H28N4O4/c1-14-2-3-18-19(25(14)21(27)28)5-4-17(16-11-23-24(12-16)8-9-26)20(18)29-13-15-6-7-22-10-15/h4-5,11-12,14-15,22,26H,2-3,6-10,13H2,1H3,(H,27,28)/t14-,15-/m0/s1. The monoisotopic (exact) mass is 400 g/mol. The average molecular weight is 400 g/mol. The first-order valence-corrected chi connectivity index (χ1v) is 10.2. The third-order valence-corrected chi connectivity index (χ3v) is 5.85. The van der Waals surface area contributed by atoms with Gasteiger partial charge >= 0.3 is 6.09 Å². The minimum atomic E-state index is -0.937. The molecule has 8 heteroatoms. The maximum atomic E-state index is 11.9. The van der Waals surface area contributed by atoms with E-state index in [0.717, 1.165) is 54.8 Å². The second kappa shape index (κ2) is 8.42. The molecule has 1 aromatic heterocycles. The van der Waals surface area contributed by atoms with E-state index in [-0.39, 0.29) is 12.6 Å². The van der Waals surface area contributed by atoms with Crippen molar-refractivity contribution >= 4 is 11.8 Å². The predicted octanol–water partition coefficient (Wildman–Crippen LogP) is 2.35. The van der Waals surface area contributed by atoms with Crippen molar-refractivity contribution in [3.8, 4) is 16.9 Å². The molecular weight excluding hydrogens is 372 g/mol. The number of rotatable bonds is 6. The van der Waals surface area contributed by atoms with Crippen molar-refractivity contribution in [1.29, 1.82) is 0 Å². The van der Waals surface area contributed by atoms with Crippen LogP contribution in [0.4, 0.5) is 10.5 Å². The molecule has 2 atom stereocenters. The van der Waals surface area contributed by atoms with Crippen LogP contribution in [0.15, 0.2) is 24.5 Å². The Morgan fingerprint density at radius 2 is 2.24 bits per heavy atom. The van der Waals surface area contributed by atoms with Crippen LogP contribution in [0, 0.1) is 5.92 Å². The Labute approximate surface area is 170 Å². The van der Waals surface area contributed by atoms with Crippen molar-refractivity contribution in [1.82, 2.24) is 15.1 Å². The van der Waals surface area contributed by atoms with Crippen LogP contribution in [-0.4, -0.2) is 58.4 Å². The number of anilines is 1.